The highest BCUT2D eigenvalue weighted by Crippen LogP contribution is 2.39. The van der Waals surface area contributed by atoms with Crippen LogP contribution >= 0.6 is 38.9 Å². The van der Waals surface area contributed by atoms with Crippen LogP contribution in [-0.4, -0.2) is 12.6 Å². The van der Waals surface area contributed by atoms with Gasteiger partial charge in [0.1, 0.15) is 0 Å². The van der Waals surface area contributed by atoms with Crippen molar-refractivity contribution < 1.29 is 0 Å². The van der Waals surface area contributed by atoms with E-state index in [1.54, 1.807) is 11.3 Å². The van der Waals surface area contributed by atoms with Gasteiger partial charge in [-0.15, -0.1) is 0 Å². The van der Waals surface area contributed by atoms with Gasteiger partial charge in [0.25, 0.3) is 0 Å². The first kappa shape index (κ1) is 14.4. The van der Waals surface area contributed by atoms with Crippen molar-refractivity contribution in [3.05, 3.63) is 38.5 Å². The van der Waals surface area contributed by atoms with Gasteiger partial charge in [0.05, 0.1) is 5.02 Å². The van der Waals surface area contributed by atoms with Gasteiger partial charge < -0.3 is 4.90 Å². The van der Waals surface area contributed by atoms with Crippen molar-refractivity contribution in [2.75, 3.05) is 11.4 Å². The van der Waals surface area contributed by atoms with Gasteiger partial charge in [-0.25, -0.2) is 0 Å². The van der Waals surface area contributed by atoms with Gasteiger partial charge in [0.2, 0.25) is 0 Å². The molecule has 20 heavy (non-hydrogen) atoms. The Bertz CT molecular complexity index is 625. The lowest BCUT2D eigenvalue weighted by molar-refractivity contribution is 0.546. The van der Waals surface area contributed by atoms with Gasteiger partial charge in [-0.3, -0.25) is 0 Å². The van der Waals surface area contributed by atoms with E-state index in [0.29, 0.717) is 6.04 Å². The fourth-order valence-electron chi connectivity index (χ4n) is 2.83. The van der Waals surface area contributed by atoms with Crippen molar-refractivity contribution in [2.24, 2.45) is 5.92 Å². The average Bonchev–Trinajstić information content (AvgIpc) is 2.98. The van der Waals surface area contributed by atoms with Crippen molar-refractivity contribution >= 4 is 44.6 Å². The van der Waals surface area contributed by atoms with Crippen LogP contribution in [0, 0.1) is 5.92 Å². The molecule has 0 radical (unpaired) electrons. The molecular formula is C16H17BrClNS. The minimum atomic E-state index is 0.588. The Balaban J connectivity index is 1.94. The zero-order valence-electron chi connectivity index (χ0n) is 11.6. The van der Waals surface area contributed by atoms with E-state index in [-0.39, 0.29) is 0 Å². The van der Waals surface area contributed by atoms with Crippen LogP contribution in [0.25, 0.3) is 11.1 Å². The molecule has 1 saturated heterocycles. The molecule has 0 N–H and O–H groups in total. The Labute approximate surface area is 137 Å². The highest BCUT2D eigenvalue weighted by Gasteiger charge is 2.27. The summed E-state index contributed by atoms with van der Waals surface area (Å²) in [6.07, 6.45) is 1.26. The molecule has 0 aliphatic carbocycles. The largest absolute Gasteiger partial charge is 0.369 e. The lowest BCUT2D eigenvalue weighted by Gasteiger charge is -2.26. The van der Waals surface area contributed by atoms with E-state index in [2.05, 4.69) is 63.6 Å². The predicted molar refractivity (Wildman–Crippen MR) is 93.1 cm³/mol. The first-order chi connectivity index (χ1) is 9.58. The Morgan fingerprint density at radius 3 is 2.60 bits per heavy atom. The molecule has 1 unspecified atom stereocenters. The van der Waals surface area contributed by atoms with Crippen LogP contribution in [-0.2, 0) is 0 Å². The van der Waals surface area contributed by atoms with Crippen LogP contribution in [0.4, 0.5) is 5.69 Å². The first-order valence-electron chi connectivity index (χ1n) is 6.86. The molecule has 1 aromatic heterocycles. The van der Waals surface area contributed by atoms with Crippen LogP contribution in [0.2, 0.25) is 5.02 Å². The number of rotatable bonds is 2. The molecule has 0 amide bonds. The van der Waals surface area contributed by atoms with E-state index in [4.69, 9.17) is 11.6 Å². The highest BCUT2D eigenvalue weighted by atomic mass is 79.9. The molecule has 1 fully saturated rings. The molecule has 4 heteroatoms. The number of halogens is 2. The maximum absolute atomic E-state index is 6.51. The molecule has 1 aliphatic rings. The van der Waals surface area contributed by atoms with Crippen LogP contribution in [0.15, 0.2) is 33.4 Å². The minimum Gasteiger partial charge on any atom is -0.369 e. The number of thiophene rings is 1. The number of anilines is 1. The molecule has 2 atom stereocenters. The molecule has 1 nitrogen and oxygen atoms in total. The average molecular weight is 371 g/mol. The molecule has 0 bridgehead atoms. The third-order valence-electron chi connectivity index (χ3n) is 4.33. The Kier molecular flexibility index (Phi) is 4.11. The van der Waals surface area contributed by atoms with Gasteiger partial charge in [-0.05, 0) is 52.7 Å². The smallest absolute Gasteiger partial charge is 0.0505 e. The third kappa shape index (κ3) is 2.51. The lowest BCUT2D eigenvalue weighted by Crippen LogP contribution is -2.28. The zero-order valence-corrected chi connectivity index (χ0v) is 14.7. The van der Waals surface area contributed by atoms with Gasteiger partial charge >= 0.3 is 0 Å². The summed E-state index contributed by atoms with van der Waals surface area (Å²) >= 11 is 11.8. The fraction of sp³-hybridized carbons (Fsp3) is 0.375. The molecule has 1 aromatic carbocycles. The van der Waals surface area contributed by atoms with Crippen LogP contribution in [0.3, 0.4) is 0 Å². The second kappa shape index (κ2) is 5.70. The van der Waals surface area contributed by atoms with Crippen molar-refractivity contribution in [3.63, 3.8) is 0 Å². The second-order valence-electron chi connectivity index (χ2n) is 5.50. The molecule has 106 valence electrons. The third-order valence-corrected chi connectivity index (χ3v) is 6.35. The Morgan fingerprint density at radius 2 is 2.05 bits per heavy atom. The Morgan fingerprint density at radius 1 is 1.25 bits per heavy atom. The summed E-state index contributed by atoms with van der Waals surface area (Å²) in [6.45, 7) is 5.75. The van der Waals surface area contributed by atoms with E-state index < -0.39 is 0 Å². The van der Waals surface area contributed by atoms with Crippen molar-refractivity contribution in [3.8, 4) is 11.1 Å². The maximum atomic E-state index is 6.51. The highest BCUT2D eigenvalue weighted by molar-refractivity contribution is 9.10. The summed E-state index contributed by atoms with van der Waals surface area (Å²) in [5, 5.41) is 5.04. The van der Waals surface area contributed by atoms with E-state index in [9.17, 15) is 0 Å². The topological polar surface area (TPSA) is 3.24 Å². The zero-order chi connectivity index (χ0) is 14.3. The first-order valence-corrected chi connectivity index (χ1v) is 8.97. The molecule has 0 saturated carbocycles. The van der Waals surface area contributed by atoms with Crippen molar-refractivity contribution in [1.29, 1.82) is 0 Å². The quantitative estimate of drug-likeness (QED) is 0.620. The summed E-state index contributed by atoms with van der Waals surface area (Å²) in [4.78, 5) is 2.46. The second-order valence-corrected chi connectivity index (χ2v) is 7.50. The summed E-state index contributed by atoms with van der Waals surface area (Å²) in [5.41, 5.74) is 3.51. The predicted octanol–water partition coefficient (Wildman–Crippen LogP) is 6.07. The Hall–Kier alpha value is -0.510. The van der Waals surface area contributed by atoms with Crippen LogP contribution < -0.4 is 4.90 Å². The lowest BCUT2D eigenvalue weighted by atomic mass is 10.0. The fourth-order valence-corrected chi connectivity index (χ4v) is 4.62. The number of nitrogens with zero attached hydrogens (tertiary/aromatic N) is 1. The van der Waals surface area contributed by atoms with Crippen LogP contribution in [0.1, 0.15) is 20.3 Å². The molecule has 3 rings (SSSR count). The summed E-state index contributed by atoms with van der Waals surface area (Å²) in [6, 6.07) is 7.03. The maximum Gasteiger partial charge on any atom is 0.0505 e. The normalized spacial score (nSPS) is 22.5. The van der Waals surface area contributed by atoms with Crippen molar-refractivity contribution in [2.45, 2.75) is 26.3 Å². The van der Waals surface area contributed by atoms with Crippen molar-refractivity contribution in [1.82, 2.24) is 0 Å². The number of benzene rings is 1. The molecule has 0 spiro atoms. The van der Waals surface area contributed by atoms with Gasteiger partial charge in [0.15, 0.2) is 0 Å². The summed E-state index contributed by atoms with van der Waals surface area (Å²) in [7, 11) is 0. The van der Waals surface area contributed by atoms with E-state index >= 15 is 0 Å². The van der Waals surface area contributed by atoms with E-state index in [1.165, 1.54) is 17.7 Å². The van der Waals surface area contributed by atoms with Crippen LogP contribution in [0.5, 0.6) is 0 Å². The van der Waals surface area contributed by atoms with Gasteiger partial charge in [-0.2, -0.15) is 11.3 Å². The van der Waals surface area contributed by atoms with E-state index in [1.807, 2.05) is 0 Å². The monoisotopic (exact) mass is 369 g/mol. The number of hydrogen-bond acceptors (Lipinski definition) is 2. The number of hydrogen-bond donors (Lipinski definition) is 0. The molecule has 2 heterocycles. The van der Waals surface area contributed by atoms with E-state index in [0.717, 1.165) is 27.5 Å². The van der Waals surface area contributed by atoms with Gasteiger partial charge in [-0.1, -0.05) is 24.6 Å². The summed E-state index contributed by atoms with van der Waals surface area (Å²) < 4.78 is 1.11. The van der Waals surface area contributed by atoms with Gasteiger partial charge in [0, 0.05) is 39.3 Å². The SMILES string of the molecule is CC1CCN(c2ccc(-c3cscc3Br)c(Cl)c2)[C@H]1C. The minimum absolute atomic E-state index is 0.588. The molecule has 1 aliphatic heterocycles. The standard InChI is InChI=1S/C16H17BrClNS/c1-10-5-6-19(11(10)2)12-3-4-13(16(18)7-12)14-8-20-9-15(14)17/h3-4,7-11H,5-6H2,1-2H3/t10?,11-/m0/s1. The molecular weight excluding hydrogens is 354 g/mol. The summed E-state index contributed by atoms with van der Waals surface area (Å²) in [5.74, 6) is 0.750. The molecule has 2 aromatic rings.